The molecule has 0 aromatic carbocycles. The van der Waals surface area contributed by atoms with Gasteiger partial charge in [0.1, 0.15) is 12.1 Å². The van der Waals surface area contributed by atoms with E-state index in [0.29, 0.717) is 0 Å². The third-order valence-electron chi connectivity index (χ3n) is 2.45. The number of hydrogen-bond acceptors (Lipinski definition) is 7. The normalized spacial score (nSPS) is 39.1. The average Bonchev–Trinajstić information content (AvgIpc) is 2.21. The minimum atomic E-state index is -2.57. The van der Waals surface area contributed by atoms with Crippen LogP contribution in [0.1, 0.15) is 13.3 Å². The quantitative estimate of drug-likeness (QED) is 0.309. The molecule has 0 aromatic rings. The van der Waals surface area contributed by atoms with Crippen molar-refractivity contribution in [2.75, 3.05) is 6.61 Å². The Hall–Kier alpha value is -1.22. The van der Waals surface area contributed by atoms with Gasteiger partial charge in [-0.2, -0.15) is 0 Å². The number of nitrogens with zero attached hydrogens (tertiary/aromatic N) is 1. The van der Waals surface area contributed by atoms with E-state index in [-0.39, 0.29) is 0 Å². The van der Waals surface area contributed by atoms with E-state index in [1.807, 2.05) is 0 Å². The van der Waals surface area contributed by atoms with Crippen molar-refractivity contribution in [1.82, 2.24) is 0 Å². The summed E-state index contributed by atoms with van der Waals surface area (Å²) in [4.78, 5) is 14.3. The number of aliphatic imine (C=N–C) groups is 1. The van der Waals surface area contributed by atoms with Gasteiger partial charge in [0.2, 0.25) is 0 Å². The second-order valence-electron chi connectivity index (χ2n) is 3.84. The van der Waals surface area contributed by atoms with E-state index >= 15 is 0 Å². The molecule has 1 saturated heterocycles. The molecule has 1 heterocycles. The molecule has 0 unspecified atom stereocenters. The van der Waals surface area contributed by atoms with Crippen LogP contribution < -0.4 is 5.11 Å². The number of carboxylic acid groups (broad SMARTS) is 1. The number of rotatable bonds is 3. The van der Waals surface area contributed by atoms with Crippen LogP contribution in [0.15, 0.2) is 4.99 Å². The van der Waals surface area contributed by atoms with E-state index in [2.05, 4.69) is 4.99 Å². The maximum atomic E-state index is 10.8. The average molecular weight is 248 g/mol. The van der Waals surface area contributed by atoms with Gasteiger partial charge in [0.05, 0.1) is 12.7 Å². The Kier molecular flexibility index (Phi) is 4.04. The second-order valence-corrected chi connectivity index (χ2v) is 3.84. The Bertz CT molecular complexity index is 327. The summed E-state index contributed by atoms with van der Waals surface area (Å²) < 4.78 is 4.77. The number of hydrogen-bond donors (Lipinski definition) is 4. The molecule has 0 saturated carbocycles. The number of ether oxygens (including phenoxy) is 1. The summed E-state index contributed by atoms with van der Waals surface area (Å²) in [6.07, 6.45) is -3.25. The van der Waals surface area contributed by atoms with Gasteiger partial charge in [0, 0.05) is 6.42 Å². The van der Waals surface area contributed by atoms with Crippen molar-refractivity contribution < 1.29 is 35.1 Å². The van der Waals surface area contributed by atoms with Gasteiger partial charge < -0.3 is 30.3 Å². The van der Waals surface area contributed by atoms with Crippen molar-refractivity contribution in [2.24, 2.45) is 4.99 Å². The maximum absolute atomic E-state index is 10.8. The predicted molar refractivity (Wildman–Crippen MR) is 52.1 cm³/mol. The molecule has 0 bridgehead atoms. The lowest BCUT2D eigenvalue weighted by atomic mass is 9.94. The van der Waals surface area contributed by atoms with Gasteiger partial charge in [-0.25, -0.2) is 4.79 Å². The number of carbonyl (C=O) groups is 1. The number of aliphatic hydroxyl groups is 3. The molecule has 1 rings (SSSR count). The lowest BCUT2D eigenvalue weighted by Crippen LogP contribution is -2.58. The third-order valence-corrected chi connectivity index (χ3v) is 2.45. The standard InChI is InChI=1S/C9H15NO7/c1-4(12)10-7-5(13)2-9(16,8(14)15)17-6(7)3-11/h5-7,11,13,16H,2-3H2,1H3,(H,10,12)(H,14,15)/p-1/t5-,6-,7+,9+/m0/s1. The molecule has 8 nitrogen and oxygen atoms in total. The third kappa shape index (κ3) is 2.91. The van der Waals surface area contributed by atoms with E-state index in [9.17, 15) is 20.1 Å². The molecular weight excluding hydrogens is 234 g/mol. The Labute approximate surface area is 96.8 Å². The van der Waals surface area contributed by atoms with Crippen molar-refractivity contribution in [2.45, 2.75) is 37.4 Å². The first-order valence-electron chi connectivity index (χ1n) is 4.94. The molecular formula is C9H14NO7-. The summed E-state index contributed by atoms with van der Waals surface area (Å²) in [7, 11) is 0. The van der Waals surface area contributed by atoms with Gasteiger partial charge in [0.15, 0.2) is 0 Å². The Morgan fingerprint density at radius 2 is 2.24 bits per heavy atom. The van der Waals surface area contributed by atoms with Crippen molar-refractivity contribution in [1.29, 1.82) is 0 Å². The monoisotopic (exact) mass is 248 g/mol. The SMILES string of the molecule is CC([O-])=N[C@H]1[C@H](CO)O[C@@](O)(C(=O)O)C[C@@H]1O. The summed E-state index contributed by atoms with van der Waals surface area (Å²) in [5.74, 6) is -4.83. The van der Waals surface area contributed by atoms with Crippen LogP contribution in [0.25, 0.3) is 0 Å². The van der Waals surface area contributed by atoms with Crippen molar-refractivity contribution in [3.8, 4) is 0 Å². The molecule has 0 aromatic heterocycles. The van der Waals surface area contributed by atoms with Crippen molar-refractivity contribution in [3.05, 3.63) is 0 Å². The molecule has 0 spiro atoms. The van der Waals surface area contributed by atoms with E-state index in [1.165, 1.54) is 0 Å². The fourth-order valence-corrected chi connectivity index (χ4v) is 1.68. The van der Waals surface area contributed by atoms with E-state index < -0.39 is 48.9 Å². The minimum Gasteiger partial charge on any atom is -0.862 e. The highest BCUT2D eigenvalue weighted by Crippen LogP contribution is 2.29. The van der Waals surface area contributed by atoms with Crippen LogP contribution in [-0.4, -0.2) is 62.9 Å². The first-order valence-corrected chi connectivity index (χ1v) is 4.94. The molecule has 1 fully saturated rings. The summed E-state index contributed by atoms with van der Waals surface area (Å²) in [6, 6.07) is -1.09. The zero-order valence-electron chi connectivity index (χ0n) is 9.11. The molecule has 98 valence electrons. The number of carboxylic acids is 1. The van der Waals surface area contributed by atoms with Crippen LogP contribution in [0.3, 0.4) is 0 Å². The summed E-state index contributed by atoms with van der Waals surface area (Å²) in [6.45, 7) is 0.479. The van der Waals surface area contributed by atoms with Crippen molar-refractivity contribution >= 4 is 11.9 Å². The van der Waals surface area contributed by atoms with Gasteiger partial charge in [-0.05, 0) is 12.8 Å². The van der Waals surface area contributed by atoms with E-state index in [4.69, 9.17) is 14.9 Å². The molecule has 17 heavy (non-hydrogen) atoms. The Balaban J connectivity index is 2.94. The highest BCUT2D eigenvalue weighted by atomic mass is 16.7. The van der Waals surface area contributed by atoms with Crippen LogP contribution in [0, 0.1) is 0 Å². The van der Waals surface area contributed by atoms with Gasteiger partial charge in [-0.15, -0.1) is 0 Å². The maximum Gasteiger partial charge on any atom is 0.364 e. The first kappa shape index (κ1) is 13.8. The van der Waals surface area contributed by atoms with Crippen LogP contribution in [0.5, 0.6) is 0 Å². The summed E-state index contributed by atoms with van der Waals surface area (Å²) in [5.41, 5.74) is 0. The highest BCUT2D eigenvalue weighted by molar-refractivity contribution is 5.75. The van der Waals surface area contributed by atoms with Gasteiger partial charge in [0.25, 0.3) is 5.79 Å². The van der Waals surface area contributed by atoms with Gasteiger partial charge in [-0.3, -0.25) is 4.99 Å². The van der Waals surface area contributed by atoms with Crippen LogP contribution >= 0.6 is 0 Å². The summed E-state index contributed by atoms with van der Waals surface area (Å²) >= 11 is 0. The van der Waals surface area contributed by atoms with Crippen LogP contribution in [0.4, 0.5) is 0 Å². The lowest BCUT2D eigenvalue weighted by Gasteiger charge is -2.40. The van der Waals surface area contributed by atoms with Gasteiger partial charge >= 0.3 is 5.97 Å². The molecule has 8 heteroatoms. The zero-order valence-corrected chi connectivity index (χ0v) is 9.11. The van der Waals surface area contributed by atoms with E-state index in [1.54, 1.807) is 0 Å². The van der Waals surface area contributed by atoms with Crippen LogP contribution in [0.2, 0.25) is 0 Å². The highest BCUT2D eigenvalue weighted by Gasteiger charge is 2.50. The molecule has 0 radical (unpaired) electrons. The fourth-order valence-electron chi connectivity index (χ4n) is 1.68. The Morgan fingerprint density at radius 1 is 1.65 bits per heavy atom. The summed E-state index contributed by atoms with van der Waals surface area (Å²) in [5, 5.41) is 47.7. The smallest absolute Gasteiger partial charge is 0.364 e. The topological polar surface area (TPSA) is 143 Å². The first-order chi connectivity index (χ1) is 7.80. The minimum absolute atomic E-state index is 0.586. The number of aliphatic hydroxyl groups excluding tert-OH is 2. The van der Waals surface area contributed by atoms with Gasteiger partial charge in [-0.1, -0.05) is 0 Å². The molecule has 1 aliphatic heterocycles. The molecule has 4 atom stereocenters. The molecule has 0 amide bonds. The predicted octanol–water partition coefficient (Wildman–Crippen LogP) is -2.95. The lowest BCUT2D eigenvalue weighted by molar-refractivity contribution is -0.279. The fraction of sp³-hybridized carbons (Fsp3) is 0.778. The largest absolute Gasteiger partial charge is 0.862 e. The van der Waals surface area contributed by atoms with Crippen molar-refractivity contribution in [3.63, 3.8) is 0 Å². The molecule has 1 aliphatic rings. The Morgan fingerprint density at radius 3 is 2.65 bits per heavy atom. The van der Waals surface area contributed by atoms with E-state index in [0.717, 1.165) is 6.92 Å². The second kappa shape index (κ2) is 4.96. The zero-order chi connectivity index (χ0) is 13.2. The molecule has 4 N–H and O–H groups in total. The molecule has 0 aliphatic carbocycles. The van der Waals surface area contributed by atoms with Crippen LogP contribution in [-0.2, 0) is 9.53 Å². The number of aliphatic carboxylic acids is 1.